The van der Waals surface area contributed by atoms with Crippen LogP contribution in [0.1, 0.15) is 31.7 Å². The molecule has 2 aromatic heterocycles. The van der Waals surface area contributed by atoms with Crippen LogP contribution in [0.3, 0.4) is 0 Å². The van der Waals surface area contributed by atoms with Crippen LogP contribution in [0.4, 0.5) is 5.88 Å². The fourth-order valence-electron chi connectivity index (χ4n) is 3.93. The highest BCUT2D eigenvalue weighted by molar-refractivity contribution is 5.56. The number of aromatic nitrogens is 1. The van der Waals surface area contributed by atoms with Crippen LogP contribution in [0.2, 0.25) is 0 Å². The van der Waals surface area contributed by atoms with Gasteiger partial charge in [0, 0.05) is 13.1 Å². The summed E-state index contributed by atoms with van der Waals surface area (Å²) in [5, 5.41) is 9.54. The predicted molar refractivity (Wildman–Crippen MR) is 111 cm³/mol. The van der Waals surface area contributed by atoms with Crippen molar-refractivity contribution in [3.05, 3.63) is 47.9 Å². The van der Waals surface area contributed by atoms with E-state index in [-0.39, 0.29) is 6.61 Å². The lowest BCUT2D eigenvalue weighted by Crippen LogP contribution is -2.38. The Balaban J connectivity index is 1.47. The minimum atomic E-state index is 0.270. The van der Waals surface area contributed by atoms with Crippen molar-refractivity contribution in [2.45, 2.75) is 26.9 Å². The van der Waals surface area contributed by atoms with Crippen molar-refractivity contribution in [2.75, 3.05) is 25.1 Å². The molecule has 3 aromatic rings. The van der Waals surface area contributed by atoms with E-state index in [9.17, 15) is 5.26 Å². The number of anilines is 1. The van der Waals surface area contributed by atoms with Crippen molar-refractivity contribution >= 4 is 5.88 Å². The molecule has 7 nitrogen and oxygen atoms in total. The fraction of sp³-hybridized carbons (Fsp3) is 0.391. The lowest BCUT2D eigenvalue weighted by molar-refractivity contribution is 0.270. The highest BCUT2D eigenvalue weighted by atomic mass is 16.5. The maximum atomic E-state index is 9.54. The summed E-state index contributed by atoms with van der Waals surface area (Å²) in [4.78, 5) is 6.47. The van der Waals surface area contributed by atoms with Crippen LogP contribution >= 0.6 is 0 Å². The summed E-state index contributed by atoms with van der Waals surface area (Å²) in [6.07, 6.45) is 1.18. The first kappa shape index (κ1) is 19.9. The van der Waals surface area contributed by atoms with Gasteiger partial charge in [-0.1, -0.05) is 13.8 Å². The third-order valence-corrected chi connectivity index (χ3v) is 5.18. The summed E-state index contributed by atoms with van der Waals surface area (Å²) in [6, 6.07) is 13.1. The van der Waals surface area contributed by atoms with Gasteiger partial charge in [-0.3, -0.25) is 0 Å². The van der Waals surface area contributed by atoms with Gasteiger partial charge in [-0.15, -0.1) is 0 Å². The van der Waals surface area contributed by atoms with Crippen molar-refractivity contribution < 1.29 is 18.3 Å². The number of furan rings is 1. The molecule has 1 aromatic carbocycles. The molecule has 0 spiro atoms. The molecule has 4 rings (SSSR count). The molecule has 3 heterocycles. The molecule has 0 N–H and O–H groups in total. The zero-order chi connectivity index (χ0) is 21.1. The quantitative estimate of drug-likeness (QED) is 0.576. The molecule has 0 aliphatic carbocycles. The molecule has 2 atom stereocenters. The molecule has 30 heavy (non-hydrogen) atoms. The molecule has 0 radical (unpaired) electrons. The number of hydrogen-bond acceptors (Lipinski definition) is 7. The van der Waals surface area contributed by atoms with Crippen molar-refractivity contribution in [1.29, 1.82) is 5.26 Å². The number of oxazole rings is 1. The number of nitrogens with zero attached hydrogens (tertiary/aromatic N) is 3. The summed E-state index contributed by atoms with van der Waals surface area (Å²) in [7, 11) is 1.62. The highest BCUT2D eigenvalue weighted by Crippen LogP contribution is 2.33. The van der Waals surface area contributed by atoms with E-state index in [1.165, 1.54) is 6.42 Å². The van der Waals surface area contributed by atoms with E-state index >= 15 is 0 Å². The molecule has 1 saturated heterocycles. The number of piperidine rings is 1. The second-order valence-corrected chi connectivity index (χ2v) is 7.87. The third-order valence-electron chi connectivity index (χ3n) is 5.18. The summed E-state index contributed by atoms with van der Waals surface area (Å²) in [6.45, 7) is 6.41. The van der Waals surface area contributed by atoms with Crippen molar-refractivity contribution in [2.24, 2.45) is 11.8 Å². The highest BCUT2D eigenvalue weighted by Gasteiger charge is 2.28. The SMILES string of the molecule is COc1ccc(OCc2ccc(-c3nc(C#N)c(N4C[C@H](C)C[C@H](C)C4)o3)o2)cc1. The first-order valence-corrected chi connectivity index (χ1v) is 10.1. The monoisotopic (exact) mass is 407 g/mol. The topological polar surface area (TPSA) is 84.7 Å². The Labute approximate surface area is 175 Å². The van der Waals surface area contributed by atoms with Gasteiger partial charge >= 0.3 is 0 Å². The molecule has 0 unspecified atom stereocenters. The van der Waals surface area contributed by atoms with Gasteiger partial charge in [0.2, 0.25) is 11.6 Å². The summed E-state index contributed by atoms with van der Waals surface area (Å²) in [5.74, 6) is 4.52. The predicted octanol–water partition coefficient (Wildman–Crippen LogP) is 4.88. The molecular weight excluding hydrogens is 382 g/mol. The molecule has 0 saturated carbocycles. The summed E-state index contributed by atoms with van der Waals surface area (Å²) >= 11 is 0. The second-order valence-electron chi connectivity index (χ2n) is 7.87. The molecule has 0 amide bonds. The lowest BCUT2D eigenvalue weighted by Gasteiger charge is -2.34. The van der Waals surface area contributed by atoms with Gasteiger partial charge in [-0.2, -0.15) is 10.2 Å². The zero-order valence-corrected chi connectivity index (χ0v) is 17.4. The van der Waals surface area contributed by atoms with E-state index in [4.69, 9.17) is 18.3 Å². The normalized spacial score (nSPS) is 18.8. The van der Waals surface area contributed by atoms with Crippen LogP contribution in [-0.4, -0.2) is 25.2 Å². The molecule has 7 heteroatoms. The van der Waals surface area contributed by atoms with Crippen LogP contribution < -0.4 is 14.4 Å². The van der Waals surface area contributed by atoms with E-state index in [1.807, 2.05) is 30.3 Å². The van der Waals surface area contributed by atoms with Gasteiger partial charge in [-0.25, -0.2) is 0 Å². The maximum Gasteiger partial charge on any atom is 0.266 e. The van der Waals surface area contributed by atoms with Gasteiger partial charge < -0.3 is 23.2 Å². The van der Waals surface area contributed by atoms with E-state index in [0.717, 1.165) is 18.8 Å². The largest absolute Gasteiger partial charge is 0.497 e. The Hall–Kier alpha value is -3.40. The number of rotatable bonds is 6. The van der Waals surface area contributed by atoms with Gasteiger partial charge in [0.1, 0.15) is 29.9 Å². The van der Waals surface area contributed by atoms with Crippen molar-refractivity contribution in [3.8, 4) is 29.2 Å². The Morgan fingerprint density at radius 3 is 2.43 bits per heavy atom. The van der Waals surface area contributed by atoms with Gasteiger partial charge in [0.25, 0.3) is 5.89 Å². The standard InChI is InChI=1S/C23H25N3O4/c1-15-10-16(2)13-26(12-15)23-20(11-24)25-22(30-23)21-9-8-19(29-21)14-28-18-6-4-17(27-3)5-7-18/h4-9,15-16H,10,12-14H2,1-3H3/t15-,16+. The van der Waals surface area contributed by atoms with Crippen molar-refractivity contribution in [3.63, 3.8) is 0 Å². The Morgan fingerprint density at radius 2 is 1.77 bits per heavy atom. The molecule has 156 valence electrons. The van der Waals surface area contributed by atoms with Crippen LogP contribution in [0.15, 0.2) is 45.2 Å². The first-order valence-electron chi connectivity index (χ1n) is 10.1. The van der Waals surface area contributed by atoms with Crippen LogP contribution in [0.5, 0.6) is 11.5 Å². The van der Waals surface area contributed by atoms with Gasteiger partial charge in [-0.05, 0) is 54.7 Å². The Kier molecular flexibility index (Phi) is 5.66. The second kappa shape index (κ2) is 8.54. The first-order chi connectivity index (χ1) is 14.6. The average Bonchev–Trinajstić information content (AvgIpc) is 3.39. The Bertz CT molecular complexity index is 1020. The smallest absolute Gasteiger partial charge is 0.266 e. The van der Waals surface area contributed by atoms with E-state index in [0.29, 0.717) is 46.6 Å². The Morgan fingerprint density at radius 1 is 1.07 bits per heavy atom. The van der Waals surface area contributed by atoms with Crippen LogP contribution in [0, 0.1) is 23.2 Å². The minimum absolute atomic E-state index is 0.270. The number of hydrogen-bond donors (Lipinski definition) is 0. The van der Waals surface area contributed by atoms with E-state index < -0.39 is 0 Å². The average molecular weight is 407 g/mol. The van der Waals surface area contributed by atoms with Crippen LogP contribution in [0.25, 0.3) is 11.7 Å². The number of benzene rings is 1. The number of ether oxygens (including phenoxy) is 2. The number of nitriles is 1. The molecular formula is C23H25N3O4. The molecule has 1 aliphatic heterocycles. The number of methoxy groups -OCH3 is 1. The summed E-state index contributed by atoms with van der Waals surface area (Å²) in [5.41, 5.74) is 0.290. The fourth-order valence-corrected chi connectivity index (χ4v) is 3.93. The zero-order valence-electron chi connectivity index (χ0n) is 17.4. The summed E-state index contributed by atoms with van der Waals surface area (Å²) < 4.78 is 22.7. The van der Waals surface area contributed by atoms with E-state index in [2.05, 4.69) is 29.8 Å². The van der Waals surface area contributed by atoms with Gasteiger partial charge in [0.05, 0.1) is 7.11 Å². The van der Waals surface area contributed by atoms with Crippen molar-refractivity contribution in [1.82, 2.24) is 4.98 Å². The molecule has 0 bridgehead atoms. The molecule has 1 aliphatic rings. The van der Waals surface area contributed by atoms with E-state index in [1.54, 1.807) is 13.2 Å². The van der Waals surface area contributed by atoms with Crippen LogP contribution in [-0.2, 0) is 6.61 Å². The van der Waals surface area contributed by atoms with Gasteiger partial charge in [0.15, 0.2) is 5.76 Å². The minimum Gasteiger partial charge on any atom is -0.497 e. The maximum absolute atomic E-state index is 9.54. The molecule has 1 fully saturated rings. The third kappa shape index (κ3) is 4.28. The lowest BCUT2D eigenvalue weighted by atomic mass is 9.92.